The minimum atomic E-state index is -0.0904. The average Bonchev–Trinajstić information content (AvgIpc) is 2.33. The zero-order valence-electron chi connectivity index (χ0n) is 8.73. The number of nitrogens with zero attached hydrogens (tertiary/aromatic N) is 1. The Hall–Kier alpha value is -1.16. The van der Waals surface area contributed by atoms with Crippen molar-refractivity contribution in [2.24, 2.45) is 0 Å². The predicted molar refractivity (Wildman–Crippen MR) is 64.7 cm³/mol. The molecule has 0 bridgehead atoms. The van der Waals surface area contributed by atoms with E-state index in [0.29, 0.717) is 18.5 Å². The zero-order chi connectivity index (χ0) is 11.5. The molecule has 1 unspecified atom stereocenters. The summed E-state index contributed by atoms with van der Waals surface area (Å²) in [5.41, 5.74) is 0.642. The van der Waals surface area contributed by atoms with E-state index in [9.17, 15) is 9.59 Å². The maximum atomic E-state index is 12.0. The van der Waals surface area contributed by atoms with Gasteiger partial charge < -0.3 is 4.90 Å². The number of hydrogen-bond acceptors (Lipinski definition) is 2. The number of Topliss-reactive ketones (excluding diaryl/α,β-unsaturated/α-hetero) is 1. The van der Waals surface area contributed by atoms with Crippen molar-refractivity contribution in [1.82, 2.24) is 4.90 Å². The maximum absolute atomic E-state index is 12.0. The normalized spacial score (nSPS) is 20.9. The molecule has 1 aromatic rings. The molecule has 1 aromatic carbocycles. The third-order valence-corrected chi connectivity index (χ3v) is 3.62. The Morgan fingerprint density at radius 3 is 2.62 bits per heavy atom. The van der Waals surface area contributed by atoms with Gasteiger partial charge in [0.2, 0.25) is 0 Å². The number of halogens is 1. The van der Waals surface area contributed by atoms with E-state index >= 15 is 0 Å². The molecule has 0 saturated carbocycles. The van der Waals surface area contributed by atoms with Gasteiger partial charge in [0.25, 0.3) is 5.91 Å². The Morgan fingerprint density at radius 1 is 1.31 bits per heavy atom. The van der Waals surface area contributed by atoms with Gasteiger partial charge in [-0.2, -0.15) is 0 Å². The fourth-order valence-corrected chi connectivity index (χ4v) is 2.08. The van der Waals surface area contributed by atoms with Crippen molar-refractivity contribution in [3.8, 4) is 0 Å². The quantitative estimate of drug-likeness (QED) is 0.737. The molecule has 4 heteroatoms. The highest BCUT2D eigenvalue weighted by Crippen LogP contribution is 2.16. The van der Waals surface area contributed by atoms with E-state index in [-0.39, 0.29) is 23.1 Å². The highest BCUT2D eigenvalue weighted by atomic mass is 79.9. The lowest BCUT2D eigenvalue weighted by Gasteiger charge is -2.28. The van der Waals surface area contributed by atoms with Crippen LogP contribution >= 0.6 is 15.9 Å². The molecule has 1 amide bonds. The van der Waals surface area contributed by atoms with E-state index in [1.54, 1.807) is 17.0 Å². The molecule has 16 heavy (non-hydrogen) atoms. The van der Waals surface area contributed by atoms with Gasteiger partial charge in [0, 0.05) is 12.1 Å². The third-order valence-electron chi connectivity index (χ3n) is 2.66. The molecule has 1 saturated heterocycles. The summed E-state index contributed by atoms with van der Waals surface area (Å²) >= 11 is 3.30. The van der Waals surface area contributed by atoms with Crippen LogP contribution in [-0.2, 0) is 4.79 Å². The van der Waals surface area contributed by atoms with Crippen LogP contribution in [-0.4, -0.2) is 34.5 Å². The molecule has 3 nitrogen and oxygen atoms in total. The molecule has 2 rings (SSSR count). The number of benzene rings is 1. The van der Waals surface area contributed by atoms with Gasteiger partial charge in [-0.25, -0.2) is 0 Å². The van der Waals surface area contributed by atoms with Crippen molar-refractivity contribution in [3.63, 3.8) is 0 Å². The first-order valence-corrected chi connectivity index (χ1v) is 6.11. The van der Waals surface area contributed by atoms with E-state index in [1.807, 2.05) is 18.2 Å². The molecule has 0 radical (unpaired) electrons. The van der Waals surface area contributed by atoms with E-state index in [0.717, 1.165) is 0 Å². The number of carbonyl (C=O) groups is 2. The lowest BCUT2D eigenvalue weighted by atomic mass is 10.1. The molecule has 1 heterocycles. The van der Waals surface area contributed by atoms with Crippen LogP contribution in [0.15, 0.2) is 30.3 Å². The average molecular weight is 282 g/mol. The second-order valence-electron chi connectivity index (χ2n) is 3.82. The first-order chi connectivity index (χ1) is 7.68. The van der Waals surface area contributed by atoms with Crippen molar-refractivity contribution < 1.29 is 9.59 Å². The predicted octanol–water partition coefficient (Wildman–Crippen LogP) is 1.87. The number of carbonyl (C=O) groups excluding carboxylic acids is 2. The Balaban J connectivity index is 2.09. The second kappa shape index (κ2) is 4.78. The van der Waals surface area contributed by atoms with E-state index in [1.165, 1.54) is 0 Å². The molecule has 0 aromatic heterocycles. The van der Waals surface area contributed by atoms with Crippen LogP contribution in [0.2, 0.25) is 0 Å². The molecular formula is C12H12BrNO2. The van der Waals surface area contributed by atoms with Gasteiger partial charge in [0.05, 0.1) is 11.4 Å². The molecule has 84 valence electrons. The Kier molecular flexibility index (Phi) is 3.39. The van der Waals surface area contributed by atoms with Crippen molar-refractivity contribution in [2.45, 2.75) is 11.2 Å². The first-order valence-electron chi connectivity index (χ1n) is 5.19. The number of piperidine rings is 1. The molecule has 1 atom stereocenters. The third kappa shape index (κ3) is 2.32. The summed E-state index contributed by atoms with van der Waals surface area (Å²) in [6.45, 7) is 0.846. The molecule has 0 spiro atoms. The summed E-state index contributed by atoms with van der Waals surface area (Å²) in [7, 11) is 0. The zero-order valence-corrected chi connectivity index (χ0v) is 10.3. The van der Waals surface area contributed by atoms with Crippen molar-refractivity contribution in [3.05, 3.63) is 35.9 Å². The van der Waals surface area contributed by atoms with Crippen LogP contribution in [0.3, 0.4) is 0 Å². The van der Waals surface area contributed by atoms with Gasteiger partial charge in [-0.1, -0.05) is 34.1 Å². The number of hydrogen-bond donors (Lipinski definition) is 0. The number of amides is 1. The molecule has 1 aliphatic heterocycles. The Labute approximate surface area is 103 Å². The molecule has 0 aliphatic carbocycles. The first kappa shape index (κ1) is 11.3. The number of rotatable bonds is 1. The van der Waals surface area contributed by atoms with Crippen LogP contribution in [0.25, 0.3) is 0 Å². The van der Waals surface area contributed by atoms with Crippen LogP contribution in [0, 0.1) is 0 Å². The smallest absolute Gasteiger partial charge is 0.254 e. The highest BCUT2D eigenvalue weighted by molar-refractivity contribution is 9.10. The fourth-order valence-electron chi connectivity index (χ4n) is 1.73. The summed E-state index contributed by atoms with van der Waals surface area (Å²) in [4.78, 5) is 25.0. The van der Waals surface area contributed by atoms with Crippen molar-refractivity contribution in [1.29, 1.82) is 0 Å². The molecule has 0 N–H and O–H groups in total. The Bertz CT molecular complexity index is 405. The van der Waals surface area contributed by atoms with Gasteiger partial charge in [0.1, 0.15) is 0 Å². The summed E-state index contributed by atoms with van der Waals surface area (Å²) in [6.07, 6.45) is 0.692. The minimum absolute atomic E-state index is 0.0617. The highest BCUT2D eigenvalue weighted by Gasteiger charge is 2.28. The van der Waals surface area contributed by atoms with Crippen LogP contribution in [0.5, 0.6) is 0 Å². The number of alkyl halides is 1. The van der Waals surface area contributed by atoms with Gasteiger partial charge in [0.15, 0.2) is 5.78 Å². The molecule has 1 fully saturated rings. The van der Waals surface area contributed by atoms with E-state index in [2.05, 4.69) is 15.9 Å². The van der Waals surface area contributed by atoms with Crippen molar-refractivity contribution >= 4 is 27.6 Å². The van der Waals surface area contributed by atoms with Gasteiger partial charge in [-0.05, 0) is 18.6 Å². The van der Waals surface area contributed by atoms with Crippen molar-refractivity contribution in [2.75, 3.05) is 13.1 Å². The summed E-state index contributed by atoms with van der Waals surface area (Å²) in [5, 5.41) is 0. The number of ketones is 1. The van der Waals surface area contributed by atoms with Crippen LogP contribution < -0.4 is 0 Å². The topological polar surface area (TPSA) is 37.4 Å². The van der Waals surface area contributed by atoms with E-state index < -0.39 is 0 Å². The largest absolute Gasteiger partial charge is 0.331 e. The van der Waals surface area contributed by atoms with Gasteiger partial charge in [-0.15, -0.1) is 0 Å². The minimum Gasteiger partial charge on any atom is -0.331 e. The molecular weight excluding hydrogens is 270 g/mol. The van der Waals surface area contributed by atoms with E-state index in [4.69, 9.17) is 0 Å². The fraction of sp³-hybridized carbons (Fsp3) is 0.333. The van der Waals surface area contributed by atoms with Crippen LogP contribution in [0.1, 0.15) is 16.8 Å². The monoisotopic (exact) mass is 281 g/mol. The maximum Gasteiger partial charge on any atom is 0.254 e. The summed E-state index contributed by atoms with van der Waals surface area (Å²) in [5.74, 6) is 0.0175. The second-order valence-corrected chi connectivity index (χ2v) is 4.92. The van der Waals surface area contributed by atoms with Crippen LogP contribution in [0.4, 0.5) is 0 Å². The van der Waals surface area contributed by atoms with Gasteiger partial charge >= 0.3 is 0 Å². The molecule has 1 aliphatic rings. The lowest BCUT2D eigenvalue weighted by Crippen LogP contribution is -2.44. The summed E-state index contributed by atoms with van der Waals surface area (Å²) < 4.78 is 0. The van der Waals surface area contributed by atoms with Gasteiger partial charge in [-0.3, -0.25) is 9.59 Å². The SMILES string of the molecule is O=C1CN(C(=O)c2ccccc2)CCC1Br. The lowest BCUT2D eigenvalue weighted by molar-refractivity contribution is -0.120. The number of likely N-dealkylation sites (tertiary alicyclic amines) is 1. The summed E-state index contributed by atoms with van der Waals surface area (Å²) in [6, 6.07) is 9.06. The standard InChI is InChI=1S/C12H12BrNO2/c13-10-6-7-14(8-11(10)15)12(16)9-4-2-1-3-5-9/h1-5,10H,6-8H2. The Morgan fingerprint density at radius 2 is 2.00 bits per heavy atom.